The van der Waals surface area contributed by atoms with Crippen molar-refractivity contribution in [2.24, 2.45) is 0 Å². The van der Waals surface area contributed by atoms with E-state index in [-0.39, 0.29) is 44.0 Å². The van der Waals surface area contributed by atoms with Gasteiger partial charge in [0.15, 0.2) is 0 Å². The Labute approximate surface area is 152 Å². The predicted octanol–water partition coefficient (Wildman–Crippen LogP) is -0.115. The van der Waals surface area contributed by atoms with E-state index in [9.17, 15) is 0 Å². The molecule has 3 heteroatoms. The first-order valence-electron chi connectivity index (χ1n) is 7.88. The molecule has 0 nitrogen and oxygen atoms in total. The van der Waals surface area contributed by atoms with E-state index < -0.39 is 0 Å². The predicted molar refractivity (Wildman–Crippen MR) is 80.6 cm³/mol. The van der Waals surface area contributed by atoms with Crippen LogP contribution in [0.1, 0.15) is 65.2 Å². The summed E-state index contributed by atoms with van der Waals surface area (Å²) in [6, 6.07) is 0. The molecule has 0 N–H and O–H groups in total. The monoisotopic (exact) mass is 360 g/mol. The van der Waals surface area contributed by atoms with E-state index in [1.165, 1.54) is 51.4 Å². The minimum atomic E-state index is 0. The average Bonchev–Trinajstić information content (AvgIpc) is 3.04. The van der Waals surface area contributed by atoms with Crippen LogP contribution in [0.15, 0.2) is 43.2 Å². The van der Waals surface area contributed by atoms with E-state index in [1.54, 1.807) is 18.9 Å². The summed E-state index contributed by atoms with van der Waals surface area (Å²) in [5.41, 5.74) is 3.22. The molecule has 2 aliphatic rings. The van der Waals surface area contributed by atoms with Gasteiger partial charge < -0.3 is 24.8 Å². The summed E-state index contributed by atoms with van der Waals surface area (Å²) in [5.74, 6) is 0. The van der Waals surface area contributed by atoms with Crippen molar-refractivity contribution < 1.29 is 44.0 Å². The normalized spacial score (nSPS) is 16.1. The molecule has 116 valence electrons. The first-order chi connectivity index (χ1) is 9.31. The second-order valence-electron chi connectivity index (χ2n) is 5.64. The third-order valence-corrected chi connectivity index (χ3v) is 5.94. The Morgan fingerprint density at radius 3 is 1.62 bits per heavy atom. The van der Waals surface area contributed by atoms with Crippen LogP contribution < -0.4 is 24.8 Å². The van der Waals surface area contributed by atoms with E-state index in [1.807, 2.05) is 0 Å². The van der Waals surface area contributed by atoms with E-state index in [2.05, 4.69) is 38.2 Å². The molecular formula is C18H26Cl2Ti. The maximum Gasteiger partial charge on any atom is -1.00 e. The topological polar surface area (TPSA) is 0 Å². The van der Waals surface area contributed by atoms with Crippen LogP contribution in [0.25, 0.3) is 0 Å². The summed E-state index contributed by atoms with van der Waals surface area (Å²) in [6.45, 7) is 4.56. The van der Waals surface area contributed by atoms with Crippen LogP contribution in [0.2, 0.25) is 0 Å². The fourth-order valence-electron chi connectivity index (χ4n) is 2.66. The maximum atomic E-state index is 2.51. The minimum absolute atomic E-state index is 0. The molecule has 0 spiro atoms. The quantitative estimate of drug-likeness (QED) is 0.530. The number of hydrogen-bond acceptors (Lipinski definition) is 0. The van der Waals surface area contributed by atoms with Gasteiger partial charge in [-0.05, 0) is 0 Å². The Balaban J connectivity index is 0.00000200. The van der Waals surface area contributed by atoms with Crippen molar-refractivity contribution >= 4 is 0 Å². The van der Waals surface area contributed by atoms with Gasteiger partial charge in [-0.3, -0.25) is 0 Å². The molecule has 0 aromatic heterocycles. The molecule has 21 heavy (non-hydrogen) atoms. The van der Waals surface area contributed by atoms with Gasteiger partial charge in [-0.15, -0.1) is 0 Å². The van der Waals surface area contributed by atoms with Crippen LogP contribution in [0.5, 0.6) is 0 Å². The Bertz CT molecular complexity index is 390. The Morgan fingerprint density at radius 2 is 1.24 bits per heavy atom. The number of hydrogen-bond donors (Lipinski definition) is 0. The summed E-state index contributed by atoms with van der Waals surface area (Å²) in [4.78, 5) is 0. The van der Waals surface area contributed by atoms with E-state index in [4.69, 9.17) is 0 Å². The fourth-order valence-corrected chi connectivity index (χ4v) is 4.74. The summed E-state index contributed by atoms with van der Waals surface area (Å²) in [7, 11) is 0. The zero-order valence-electron chi connectivity index (χ0n) is 13.2. The third-order valence-electron chi connectivity index (χ3n) is 3.85. The molecule has 0 fully saturated rings. The largest absolute Gasteiger partial charge is 1.00 e. The van der Waals surface area contributed by atoms with Crippen LogP contribution in [0.3, 0.4) is 0 Å². The second-order valence-corrected chi connectivity index (χ2v) is 8.03. The molecule has 0 bridgehead atoms. The molecule has 0 aromatic carbocycles. The SMILES string of the molecule is CCCCC1=CC[C]([Ti+2][C]2=CC(CCCC)=CC2)=C1.[Cl-].[Cl-]. The third kappa shape index (κ3) is 7.37. The van der Waals surface area contributed by atoms with Crippen LogP contribution in [0.4, 0.5) is 0 Å². The Morgan fingerprint density at radius 1 is 0.810 bits per heavy atom. The summed E-state index contributed by atoms with van der Waals surface area (Å²) >= 11 is 0.00556. The minimum Gasteiger partial charge on any atom is -1.00 e. The molecule has 0 unspecified atom stereocenters. The first kappa shape index (κ1) is 21.3. The van der Waals surface area contributed by atoms with Gasteiger partial charge in [-0.1, -0.05) is 0 Å². The smallest absolute Gasteiger partial charge is 1.00 e. The number of allylic oxidation sites excluding steroid dienone is 8. The Hall–Kier alpha value is 0.254. The van der Waals surface area contributed by atoms with Crippen LogP contribution in [-0.4, -0.2) is 0 Å². The van der Waals surface area contributed by atoms with Gasteiger partial charge in [0.1, 0.15) is 0 Å². The van der Waals surface area contributed by atoms with Gasteiger partial charge in [-0.2, -0.15) is 0 Å². The molecule has 0 aliphatic heterocycles. The van der Waals surface area contributed by atoms with Crippen molar-refractivity contribution in [2.45, 2.75) is 65.2 Å². The molecule has 0 saturated heterocycles. The van der Waals surface area contributed by atoms with Gasteiger partial charge in [0.25, 0.3) is 0 Å². The zero-order chi connectivity index (χ0) is 13.5. The van der Waals surface area contributed by atoms with Crippen molar-refractivity contribution in [3.05, 3.63) is 43.2 Å². The summed E-state index contributed by atoms with van der Waals surface area (Å²) in [5, 5.41) is 0. The van der Waals surface area contributed by atoms with Crippen molar-refractivity contribution in [3.8, 4) is 0 Å². The molecule has 0 aromatic rings. The second kappa shape index (κ2) is 11.8. The van der Waals surface area contributed by atoms with Gasteiger partial charge in [0.2, 0.25) is 0 Å². The molecule has 2 rings (SSSR count). The summed E-state index contributed by atoms with van der Waals surface area (Å²) in [6.07, 6.45) is 20.4. The number of halogens is 2. The molecule has 0 radical (unpaired) electrons. The molecule has 0 atom stereocenters. The Kier molecular flexibility index (Phi) is 11.9. The average molecular weight is 361 g/mol. The van der Waals surface area contributed by atoms with Gasteiger partial charge in [0, 0.05) is 0 Å². The van der Waals surface area contributed by atoms with Crippen LogP contribution in [0, 0.1) is 0 Å². The first-order valence-corrected chi connectivity index (χ1v) is 9.44. The molecular weight excluding hydrogens is 335 g/mol. The standard InChI is InChI=1S/2C9H13.2ClH.Ti/c2*1-2-3-6-9-7-4-5-8-9;;;/h2*7-8H,2-4,6H2,1H3;2*1H;/q;;;;+2/p-2. The van der Waals surface area contributed by atoms with E-state index in [0.717, 1.165) is 0 Å². The van der Waals surface area contributed by atoms with Crippen molar-refractivity contribution in [1.29, 1.82) is 0 Å². The van der Waals surface area contributed by atoms with Crippen LogP contribution >= 0.6 is 0 Å². The zero-order valence-corrected chi connectivity index (χ0v) is 16.3. The van der Waals surface area contributed by atoms with Crippen LogP contribution in [-0.2, 0) is 19.2 Å². The van der Waals surface area contributed by atoms with Crippen molar-refractivity contribution in [2.75, 3.05) is 0 Å². The molecule has 0 saturated carbocycles. The van der Waals surface area contributed by atoms with E-state index in [0.29, 0.717) is 0 Å². The molecule has 0 heterocycles. The fraction of sp³-hybridized carbons (Fsp3) is 0.556. The number of rotatable bonds is 8. The van der Waals surface area contributed by atoms with Crippen molar-refractivity contribution in [3.63, 3.8) is 0 Å². The van der Waals surface area contributed by atoms with Gasteiger partial charge >= 0.3 is 128 Å². The summed E-state index contributed by atoms with van der Waals surface area (Å²) < 4.78 is 3.50. The maximum absolute atomic E-state index is 2.51. The van der Waals surface area contributed by atoms with Crippen molar-refractivity contribution in [1.82, 2.24) is 0 Å². The van der Waals surface area contributed by atoms with Gasteiger partial charge in [-0.25, -0.2) is 0 Å². The van der Waals surface area contributed by atoms with E-state index >= 15 is 0 Å². The van der Waals surface area contributed by atoms with Gasteiger partial charge in [0.05, 0.1) is 0 Å². The molecule has 2 aliphatic carbocycles. The number of unbranched alkanes of at least 4 members (excludes halogenated alkanes) is 2. The molecule has 0 amide bonds.